The van der Waals surface area contributed by atoms with E-state index in [0.717, 1.165) is 0 Å². The predicted molar refractivity (Wildman–Crippen MR) is 95.1 cm³/mol. The van der Waals surface area contributed by atoms with E-state index in [1.165, 1.54) is 19.1 Å². The first kappa shape index (κ1) is 19.4. The third-order valence-electron chi connectivity index (χ3n) is 2.80. The standard InChI is InChI=1S/C17H13Cl3O5/c1-10(21)8-24-17(22)9-23-16-7-12(19)3-5-15(16)25-14-4-2-11(18)6-13(14)20/h2-7H,8-9H2,1H3. The quantitative estimate of drug-likeness (QED) is 0.612. The second-order valence-electron chi connectivity index (χ2n) is 4.92. The molecule has 0 N–H and O–H groups in total. The number of hydrogen-bond acceptors (Lipinski definition) is 5. The highest BCUT2D eigenvalue weighted by Crippen LogP contribution is 2.37. The van der Waals surface area contributed by atoms with Crippen LogP contribution in [0.1, 0.15) is 6.92 Å². The summed E-state index contributed by atoms with van der Waals surface area (Å²) < 4.78 is 15.8. The van der Waals surface area contributed by atoms with Crippen LogP contribution in [0.2, 0.25) is 15.1 Å². The maximum atomic E-state index is 11.6. The normalized spacial score (nSPS) is 10.2. The van der Waals surface area contributed by atoms with Gasteiger partial charge in [0, 0.05) is 16.1 Å². The van der Waals surface area contributed by atoms with Gasteiger partial charge in [-0.05, 0) is 37.3 Å². The van der Waals surface area contributed by atoms with E-state index in [2.05, 4.69) is 0 Å². The molecule has 0 spiro atoms. The number of halogens is 3. The van der Waals surface area contributed by atoms with Crippen LogP contribution in [-0.2, 0) is 14.3 Å². The van der Waals surface area contributed by atoms with Crippen molar-refractivity contribution in [1.82, 2.24) is 0 Å². The van der Waals surface area contributed by atoms with Crippen molar-refractivity contribution in [2.24, 2.45) is 0 Å². The number of Topliss-reactive ketones (excluding diaryl/α,β-unsaturated/α-hetero) is 1. The third-order valence-corrected chi connectivity index (χ3v) is 3.57. The van der Waals surface area contributed by atoms with Crippen LogP contribution < -0.4 is 9.47 Å². The van der Waals surface area contributed by atoms with Crippen molar-refractivity contribution < 1.29 is 23.8 Å². The molecule has 8 heteroatoms. The molecule has 0 saturated carbocycles. The second-order valence-corrected chi connectivity index (χ2v) is 6.20. The fourth-order valence-electron chi connectivity index (χ4n) is 1.72. The Bertz CT molecular complexity index is 792. The van der Waals surface area contributed by atoms with Gasteiger partial charge in [0.15, 0.2) is 23.9 Å². The number of carbonyl (C=O) groups is 2. The van der Waals surface area contributed by atoms with Crippen LogP contribution >= 0.6 is 34.8 Å². The van der Waals surface area contributed by atoms with Crippen LogP contribution in [0.15, 0.2) is 36.4 Å². The van der Waals surface area contributed by atoms with E-state index < -0.39 is 12.6 Å². The molecular formula is C17H13Cl3O5. The van der Waals surface area contributed by atoms with Crippen LogP contribution in [-0.4, -0.2) is 25.0 Å². The lowest BCUT2D eigenvalue weighted by atomic mass is 10.3. The number of benzene rings is 2. The summed E-state index contributed by atoms with van der Waals surface area (Å²) in [4.78, 5) is 22.4. The Hall–Kier alpha value is -1.95. The van der Waals surface area contributed by atoms with Crippen molar-refractivity contribution in [1.29, 1.82) is 0 Å². The third kappa shape index (κ3) is 6.12. The molecule has 2 aromatic carbocycles. The van der Waals surface area contributed by atoms with E-state index >= 15 is 0 Å². The first-order chi connectivity index (χ1) is 11.8. The summed E-state index contributed by atoms with van der Waals surface area (Å²) in [5, 5.41) is 1.18. The Morgan fingerprint density at radius 3 is 2.16 bits per heavy atom. The van der Waals surface area contributed by atoms with E-state index in [1.807, 2.05) is 0 Å². The van der Waals surface area contributed by atoms with Gasteiger partial charge in [-0.1, -0.05) is 34.8 Å². The Kier molecular flexibility index (Phi) is 6.93. The molecule has 0 aliphatic rings. The van der Waals surface area contributed by atoms with E-state index in [9.17, 15) is 9.59 Å². The molecule has 0 atom stereocenters. The van der Waals surface area contributed by atoms with Gasteiger partial charge >= 0.3 is 5.97 Å². The van der Waals surface area contributed by atoms with Crippen molar-refractivity contribution in [3.8, 4) is 17.2 Å². The largest absolute Gasteiger partial charge is 0.478 e. The summed E-state index contributed by atoms with van der Waals surface area (Å²) in [6.07, 6.45) is 0. The first-order valence-electron chi connectivity index (χ1n) is 7.05. The highest BCUT2D eigenvalue weighted by Gasteiger charge is 2.13. The highest BCUT2D eigenvalue weighted by molar-refractivity contribution is 6.35. The van der Waals surface area contributed by atoms with Gasteiger partial charge in [-0.15, -0.1) is 0 Å². The lowest BCUT2D eigenvalue weighted by Gasteiger charge is -2.13. The summed E-state index contributed by atoms with van der Waals surface area (Å²) in [7, 11) is 0. The Morgan fingerprint density at radius 2 is 1.52 bits per heavy atom. The number of ether oxygens (including phenoxy) is 3. The molecular weight excluding hydrogens is 391 g/mol. The zero-order valence-corrected chi connectivity index (χ0v) is 15.3. The van der Waals surface area contributed by atoms with Gasteiger partial charge in [-0.2, -0.15) is 0 Å². The molecule has 2 rings (SSSR count). The molecule has 0 radical (unpaired) electrons. The number of rotatable bonds is 7. The van der Waals surface area contributed by atoms with Gasteiger partial charge < -0.3 is 14.2 Å². The van der Waals surface area contributed by atoms with Gasteiger partial charge in [0.25, 0.3) is 0 Å². The topological polar surface area (TPSA) is 61.8 Å². The number of ketones is 1. The van der Waals surface area contributed by atoms with Gasteiger partial charge in [0.2, 0.25) is 0 Å². The number of carbonyl (C=O) groups excluding carboxylic acids is 2. The lowest BCUT2D eigenvalue weighted by molar-refractivity contribution is -0.149. The molecule has 0 amide bonds. The summed E-state index contributed by atoms with van der Waals surface area (Å²) >= 11 is 17.9. The van der Waals surface area contributed by atoms with Crippen LogP contribution in [0.3, 0.4) is 0 Å². The molecule has 0 unspecified atom stereocenters. The molecule has 0 aliphatic carbocycles. The zero-order valence-electron chi connectivity index (χ0n) is 13.1. The Labute approximate surface area is 159 Å². The molecule has 2 aromatic rings. The minimum atomic E-state index is -0.689. The average molecular weight is 404 g/mol. The molecule has 0 aromatic heterocycles. The van der Waals surface area contributed by atoms with Crippen molar-refractivity contribution in [3.05, 3.63) is 51.5 Å². The Morgan fingerprint density at radius 1 is 0.880 bits per heavy atom. The minimum Gasteiger partial charge on any atom is -0.478 e. The maximum absolute atomic E-state index is 11.6. The van der Waals surface area contributed by atoms with Crippen molar-refractivity contribution in [2.45, 2.75) is 6.92 Å². The smallest absolute Gasteiger partial charge is 0.344 e. The molecule has 0 fully saturated rings. The fourth-order valence-corrected chi connectivity index (χ4v) is 2.33. The molecule has 0 bridgehead atoms. The summed E-state index contributed by atoms with van der Waals surface area (Å²) in [5.74, 6) is -0.0770. The van der Waals surface area contributed by atoms with Crippen LogP contribution in [0.4, 0.5) is 0 Å². The SMILES string of the molecule is CC(=O)COC(=O)COc1cc(Cl)ccc1Oc1ccc(Cl)cc1Cl. The van der Waals surface area contributed by atoms with Gasteiger partial charge in [0.05, 0.1) is 5.02 Å². The van der Waals surface area contributed by atoms with E-state index in [1.54, 1.807) is 24.3 Å². The van der Waals surface area contributed by atoms with E-state index in [4.69, 9.17) is 49.0 Å². The number of hydrogen-bond donors (Lipinski definition) is 0. The van der Waals surface area contributed by atoms with E-state index in [0.29, 0.717) is 26.6 Å². The van der Waals surface area contributed by atoms with Crippen molar-refractivity contribution in [2.75, 3.05) is 13.2 Å². The predicted octanol–water partition coefficient (Wildman–Crippen LogP) is 4.95. The summed E-state index contributed by atoms with van der Waals surface area (Å²) in [6.45, 7) is 0.604. The summed E-state index contributed by atoms with van der Waals surface area (Å²) in [6, 6.07) is 9.42. The van der Waals surface area contributed by atoms with Crippen LogP contribution in [0.5, 0.6) is 17.2 Å². The maximum Gasteiger partial charge on any atom is 0.344 e. The van der Waals surface area contributed by atoms with Crippen molar-refractivity contribution >= 4 is 46.6 Å². The summed E-state index contributed by atoms with van der Waals surface area (Å²) in [5.41, 5.74) is 0. The van der Waals surface area contributed by atoms with E-state index in [-0.39, 0.29) is 18.1 Å². The lowest BCUT2D eigenvalue weighted by Crippen LogP contribution is -2.18. The average Bonchev–Trinajstić information content (AvgIpc) is 2.55. The molecule has 0 saturated heterocycles. The minimum absolute atomic E-state index is 0.221. The van der Waals surface area contributed by atoms with Crippen LogP contribution in [0.25, 0.3) is 0 Å². The molecule has 0 aliphatic heterocycles. The van der Waals surface area contributed by atoms with Gasteiger partial charge in [-0.3, -0.25) is 4.79 Å². The Balaban J connectivity index is 2.11. The van der Waals surface area contributed by atoms with Gasteiger partial charge in [0.1, 0.15) is 12.4 Å². The monoisotopic (exact) mass is 402 g/mol. The fraction of sp³-hybridized carbons (Fsp3) is 0.176. The molecule has 0 heterocycles. The molecule has 132 valence electrons. The number of esters is 1. The molecule has 5 nitrogen and oxygen atoms in total. The second kappa shape index (κ2) is 8.94. The first-order valence-corrected chi connectivity index (χ1v) is 8.19. The van der Waals surface area contributed by atoms with Crippen molar-refractivity contribution in [3.63, 3.8) is 0 Å². The molecule has 25 heavy (non-hydrogen) atoms. The van der Waals surface area contributed by atoms with Gasteiger partial charge in [-0.25, -0.2) is 4.79 Å². The van der Waals surface area contributed by atoms with Crippen LogP contribution in [0, 0.1) is 0 Å². The zero-order chi connectivity index (χ0) is 18.4. The highest BCUT2D eigenvalue weighted by atomic mass is 35.5.